The maximum absolute atomic E-state index is 11.7. The maximum atomic E-state index is 11.7. The molecule has 2 rings (SSSR count). The Morgan fingerprint density at radius 2 is 2.35 bits per heavy atom. The first kappa shape index (κ1) is 17.7. The van der Waals surface area contributed by atoms with Gasteiger partial charge in [0, 0.05) is 19.6 Å². The molecule has 1 amide bonds. The number of aryl methyl sites for hydroxylation is 1. The van der Waals surface area contributed by atoms with Crippen LogP contribution in [0.5, 0.6) is 5.75 Å². The molecule has 1 aliphatic rings. The Morgan fingerprint density at radius 3 is 3.13 bits per heavy atom. The van der Waals surface area contributed by atoms with Crippen LogP contribution in [0, 0.1) is 6.92 Å². The fraction of sp³-hybridized carbons (Fsp3) is 0.588. The molecule has 23 heavy (non-hydrogen) atoms. The van der Waals surface area contributed by atoms with Gasteiger partial charge in [0.05, 0.1) is 25.8 Å². The number of hydrogen-bond acceptors (Lipinski definition) is 5. The fourth-order valence-corrected chi connectivity index (χ4v) is 2.46. The number of morpholine rings is 1. The fourth-order valence-electron chi connectivity index (χ4n) is 2.46. The molecule has 0 saturated carbocycles. The van der Waals surface area contributed by atoms with E-state index in [9.17, 15) is 4.79 Å². The predicted octanol–water partition coefficient (Wildman–Crippen LogP) is 0.410. The highest BCUT2D eigenvalue weighted by Gasteiger charge is 2.17. The van der Waals surface area contributed by atoms with E-state index in [1.807, 2.05) is 31.2 Å². The van der Waals surface area contributed by atoms with E-state index in [0.717, 1.165) is 31.0 Å². The standard InChI is InChI=1S/C17H27N3O3/c1-14-4-3-5-15(10-14)22-8-6-19-17(21)12-18-11-16-13-20(2)7-9-23-16/h3-5,10,16,18H,6-9,11-13H2,1-2H3,(H,19,21)/t16-/m1/s1. The predicted molar refractivity (Wildman–Crippen MR) is 89.8 cm³/mol. The summed E-state index contributed by atoms with van der Waals surface area (Å²) in [6.45, 7) is 6.60. The molecule has 6 nitrogen and oxygen atoms in total. The zero-order chi connectivity index (χ0) is 16.5. The first-order valence-electron chi connectivity index (χ1n) is 8.10. The van der Waals surface area contributed by atoms with Crippen molar-refractivity contribution >= 4 is 5.91 Å². The molecule has 0 unspecified atom stereocenters. The van der Waals surface area contributed by atoms with E-state index in [1.54, 1.807) is 0 Å². The topological polar surface area (TPSA) is 62.8 Å². The summed E-state index contributed by atoms with van der Waals surface area (Å²) in [6.07, 6.45) is 0.159. The van der Waals surface area contributed by atoms with Crippen LogP contribution in [-0.2, 0) is 9.53 Å². The van der Waals surface area contributed by atoms with Gasteiger partial charge < -0.3 is 25.0 Å². The average molecular weight is 321 g/mol. The molecule has 1 saturated heterocycles. The summed E-state index contributed by atoms with van der Waals surface area (Å²) < 4.78 is 11.2. The Labute approximate surface area is 138 Å². The monoisotopic (exact) mass is 321 g/mol. The van der Waals surface area contributed by atoms with Crippen LogP contribution in [0.25, 0.3) is 0 Å². The van der Waals surface area contributed by atoms with Crippen LogP contribution in [0.4, 0.5) is 0 Å². The van der Waals surface area contributed by atoms with Gasteiger partial charge >= 0.3 is 0 Å². The molecule has 128 valence electrons. The van der Waals surface area contributed by atoms with Crippen molar-refractivity contribution < 1.29 is 14.3 Å². The largest absolute Gasteiger partial charge is 0.492 e. The van der Waals surface area contributed by atoms with E-state index in [4.69, 9.17) is 9.47 Å². The number of hydrogen-bond donors (Lipinski definition) is 2. The summed E-state index contributed by atoms with van der Waals surface area (Å²) >= 11 is 0. The van der Waals surface area contributed by atoms with E-state index >= 15 is 0 Å². The summed E-state index contributed by atoms with van der Waals surface area (Å²) in [5.74, 6) is 0.804. The number of carbonyl (C=O) groups excluding carboxylic acids is 1. The van der Waals surface area contributed by atoms with Gasteiger partial charge in [-0.1, -0.05) is 12.1 Å². The maximum Gasteiger partial charge on any atom is 0.234 e. The van der Waals surface area contributed by atoms with Gasteiger partial charge in [-0.25, -0.2) is 0 Å². The number of nitrogens with one attached hydrogen (secondary N) is 2. The first-order valence-corrected chi connectivity index (χ1v) is 8.10. The highest BCUT2D eigenvalue weighted by molar-refractivity contribution is 5.77. The number of carbonyl (C=O) groups is 1. The van der Waals surface area contributed by atoms with Gasteiger partial charge in [0.1, 0.15) is 12.4 Å². The minimum atomic E-state index is -0.0259. The van der Waals surface area contributed by atoms with Crippen LogP contribution < -0.4 is 15.4 Å². The highest BCUT2D eigenvalue weighted by Crippen LogP contribution is 2.11. The molecule has 1 aromatic carbocycles. The third kappa shape index (κ3) is 6.99. The lowest BCUT2D eigenvalue weighted by Crippen LogP contribution is -2.46. The van der Waals surface area contributed by atoms with Gasteiger partial charge in [0.2, 0.25) is 5.91 Å². The Balaban J connectivity index is 1.51. The molecular weight excluding hydrogens is 294 g/mol. The SMILES string of the molecule is Cc1cccc(OCCNC(=O)CNC[C@@H]2CN(C)CCO2)c1. The van der Waals surface area contributed by atoms with Crippen molar-refractivity contribution in [1.29, 1.82) is 0 Å². The Bertz CT molecular complexity index is 496. The molecule has 0 spiro atoms. The van der Waals surface area contributed by atoms with E-state index in [2.05, 4.69) is 22.6 Å². The van der Waals surface area contributed by atoms with E-state index in [-0.39, 0.29) is 12.0 Å². The molecule has 1 aliphatic heterocycles. The average Bonchev–Trinajstić information content (AvgIpc) is 2.52. The van der Waals surface area contributed by atoms with Crippen LogP contribution in [-0.4, -0.2) is 69.9 Å². The quantitative estimate of drug-likeness (QED) is 0.679. The van der Waals surface area contributed by atoms with Crippen molar-refractivity contribution in [2.45, 2.75) is 13.0 Å². The van der Waals surface area contributed by atoms with Gasteiger partial charge in [-0.05, 0) is 31.7 Å². The number of likely N-dealkylation sites (N-methyl/N-ethyl adjacent to an activating group) is 1. The lowest BCUT2D eigenvalue weighted by atomic mass is 10.2. The third-order valence-corrected chi connectivity index (χ3v) is 3.68. The number of ether oxygens (including phenoxy) is 2. The summed E-state index contributed by atoms with van der Waals surface area (Å²) in [7, 11) is 2.08. The molecule has 0 aliphatic carbocycles. The molecule has 0 bridgehead atoms. The number of nitrogens with zero attached hydrogens (tertiary/aromatic N) is 1. The van der Waals surface area contributed by atoms with Gasteiger partial charge in [0.25, 0.3) is 0 Å². The molecule has 6 heteroatoms. The summed E-state index contributed by atoms with van der Waals surface area (Å²) in [5, 5.41) is 5.97. The smallest absolute Gasteiger partial charge is 0.234 e. The minimum Gasteiger partial charge on any atom is -0.492 e. The van der Waals surface area contributed by atoms with Gasteiger partial charge in [0.15, 0.2) is 0 Å². The van der Waals surface area contributed by atoms with Gasteiger partial charge in [-0.15, -0.1) is 0 Å². The molecular formula is C17H27N3O3. The van der Waals surface area contributed by atoms with Crippen molar-refractivity contribution in [2.24, 2.45) is 0 Å². The Hall–Kier alpha value is -1.63. The third-order valence-electron chi connectivity index (χ3n) is 3.68. The van der Waals surface area contributed by atoms with Gasteiger partial charge in [-0.2, -0.15) is 0 Å². The summed E-state index contributed by atoms with van der Waals surface area (Å²) in [6, 6.07) is 7.87. The molecule has 2 N–H and O–H groups in total. The first-order chi connectivity index (χ1) is 11.1. The zero-order valence-corrected chi connectivity index (χ0v) is 14.0. The van der Waals surface area contributed by atoms with Crippen molar-refractivity contribution in [3.05, 3.63) is 29.8 Å². The second kappa shape index (κ2) is 9.50. The summed E-state index contributed by atoms with van der Waals surface area (Å²) in [5.41, 5.74) is 1.16. The Kier molecular flexibility index (Phi) is 7.32. The molecule has 1 fully saturated rings. The molecule has 1 atom stereocenters. The van der Waals surface area contributed by atoms with Crippen molar-refractivity contribution in [2.75, 3.05) is 53.0 Å². The molecule has 1 aromatic rings. The van der Waals surface area contributed by atoms with Crippen LogP contribution in [0.1, 0.15) is 5.56 Å². The highest BCUT2D eigenvalue weighted by atomic mass is 16.5. The summed E-state index contributed by atoms with van der Waals surface area (Å²) in [4.78, 5) is 14.0. The van der Waals surface area contributed by atoms with E-state index in [0.29, 0.717) is 26.2 Å². The lowest BCUT2D eigenvalue weighted by Gasteiger charge is -2.30. The number of benzene rings is 1. The van der Waals surface area contributed by atoms with E-state index < -0.39 is 0 Å². The van der Waals surface area contributed by atoms with Crippen LogP contribution in [0.2, 0.25) is 0 Å². The second-order valence-corrected chi connectivity index (χ2v) is 5.90. The number of amides is 1. The lowest BCUT2D eigenvalue weighted by molar-refractivity contribution is -0.120. The Morgan fingerprint density at radius 1 is 1.48 bits per heavy atom. The van der Waals surface area contributed by atoms with Crippen LogP contribution in [0.3, 0.4) is 0 Å². The minimum absolute atomic E-state index is 0.0259. The van der Waals surface area contributed by atoms with Crippen molar-refractivity contribution in [3.63, 3.8) is 0 Å². The van der Waals surface area contributed by atoms with Crippen LogP contribution >= 0.6 is 0 Å². The van der Waals surface area contributed by atoms with Crippen molar-refractivity contribution in [1.82, 2.24) is 15.5 Å². The molecule has 0 aromatic heterocycles. The van der Waals surface area contributed by atoms with Gasteiger partial charge in [-0.3, -0.25) is 4.79 Å². The molecule has 0 radical (unpaired) electrons. The normalized spacial score (nSPS) is 18.6. The van der Waals surface area contributed by atoms with Crippen LogP contribution in [0.15, 0.2) is 24.3 Å². The van der Waals surface area contributed by atoms with E-state index in [1.165, 1.54) is 0 Å². The second-order valence-electron chi connectivity index (χ2n) is 5.90. The molecule has 1 heterocycles. The number of rotatable bonds is 8. The van der Waals surface area contributed by atoms with Crippen molar-refractivity contribution in [3.8, 4) is 5.75 Å². The zero-order valence-electron chi connectivity index (χ0n) is 14.0.